The Bertz CT molecular complexity index is 782. The monoisotopic (exact) mass is 314 g/mol. The van der Waals surface area contributed by atoms with Gasteiger partial charge >= 0.3 is 0 Å². The smallest absolute Gasteiger partial charge is 0.253 e. The molecular weight excluding hydrogens is 288 g/mol. The standard InChI is InChI=1S/C19H26N2O2/c1-12(2)21(18(23)19(4,5)6)11-15-10-14-9-13(3)7-8-16(14)20-17(15)22/h7-10,12H,11H2,1-6H3,(H,20,22). The number of aromatic amines is 1. The van der Waals surface area contributed by atoms with E-state index in [0.29, 0.717) is 12.1 Å². The second-order valence-corrected chi connectivity index (χ2v) is 7.49. The van der Waals surface area contributed by atoms with Crippen molar-refractivity contribution < 1.29 is 4.79 Å². The number of pyridine rings is 1. The Kier molecular flexibility index (Phi) is 4.64. The first-order valence-corrected chi connectivity index (χ1v) is 8.03. The molecule has 2 rings (SSSR count). The number of hydrogen-bond acceptors (Lipinski definition) is 2. The zero-order valence-electron chi connectivity index (χ0n) is 14.9. The van der Waals surface area contributed by atoms with E-state index in [1.54, 1.807) is 4.90 Å². The van der Waals surface area contributed by atoms with Crippen LogP contribution in [0.2, 0.25) is 0 Å². The molecule has 0 saturated carbocycles. The van der Waals surface area contributed by atoms with E-state index in [2.05, 4.69) is 4.98 Å². The Morgan fingerprint density at radius 2 is 1.87 bits per heavy atom. The quantitative estimate of drug-likeness (QED) is 0.940. The van der Waals surface area contributed by atoms with Crippen LogP contribution in [0, 0.1) is 12.3 Å². The lowest BCUT2D eigenvalue weighted by Gasteiger charge is -2.32. The number of aryl methyl sites for hydroxylation is 1. The minimum absolute atomic E-state index is 0.0364. The Labute approximate surface area is 137 Å². The highest BCUT2D eigenvalue weighted by atomic mass is 16.2. The number of fused-ring (bicyclic) bond motifs is 1. The van der Waals surface area contributed by atoms with Gasteiger partial charge in [0.1, 0.15) is 0 Å². The molecule has 0 fully saturated rings. The van der Waals surface area contributed by atoms with Crippen LogP contribution in [0.3, 0.4) is 0 Å². The fourth-order valence-electron chi connectivity index (χ4n) is 2.59. The van der Waals surface area contributed by atoms with Gasteiger partial charge in [-0.1, -0.05) is 32.4 Å². The Balaban J connectivity index is 2.44. The van der Waals surface area contributed by atoms with Gasteiger partial charge in [-0.3, -0.25) is 9.59 Å². The van der Waals surface area contributed by atoms with Gasteiger partial charge in [-0.15, -0.1) is 0 Å². The fraction of sp³-hybridized carbons (Fsp3) is 0.474. The largest absolute Gasteiger partial charge is 0.335 e. The molecule has 1 heterocycles. The summed E-state index contributed by atoms with van der Waals surface area (Å²) in [6.07, 6.45) is 0. The first-order valence-electron chi connectivity index (χ1n) is 8.03. The molecule has 0 aliphatic rings. The van der Waals surface area contributed by atoms with E-state index >= 15 is 0 Å². The van der Waals surface area contributed by atoms with Gasteiger partial charge in [-0.25, -0.2) is 0 Å². The number of aromatic nitrogens is 1. The van der Waals surface area contributed by atoms with Crippen molar-refractivity contribution in [3.63, 3.8) is 0 Å². The third-order valence-corrected chi connectivity index (χ3v) is 3.94. The van der Waals surface area contributed by atoms with E-state index < -0.39 is 5.41 Å². The minimum Gasteiger partial charge on any atom is -0.335 e. The van der Waals surface area contributed by atoms with Crippen LogP contribution < -0.4 is 5.56 Å². The van der Waals surface area contributed by atoms with E-state index in [-0.39, 0.29) is 17.5 Å². The molecule has 124 valence electrons. The van der Waals surface area contributed by atoms with Crippen LogP contribution in [0.5, 0.6) is 0 Å². The molecule has 0 spiro atoms. The molecule has 1 aromatic heterocycles. The third kappa shape index (κ3) is 3.81. The van der Waals surface area contributed by atoms with Crippen LogP contribution in [0.4, 0.5) is 0 Å². The summed E-state index contributed by atoms with van der Waals surface area (Å²) >= 11 is 0. The second kappa shape index (κ2) is 6.19. The summed E-state index contributed by atoms with van der Waals surface area (Å²) in [5.74, 6) is 0.0521. The first kappa shape index (κ1) is 17.3. The summed E-state index contributed by atoms with van der Waals surface area (Å²) in [6, 6.07) is 7.86. The molecule has 4 heteroatoms. The zero-order valence-corrected chi connectivity index (χ0v) is 14.9. The van der Waals surface area contributed by atoms with Crippen molar-refractivity contribution in [2.75, 3.05) is 0 Å². The van der Waals surface area contributed by atoms with E-state index in [0.717, 1.165) is 16.5 Å². The summed E-state index contributed by atoms with van der Waals surface area (Å²) in [5, 5.41) is 0.992. The van der Waals surface area contributed by atoms with Crippen molar-refractivity contribution >= 4 is 16.8 Å². The second-order valence-electron chi connectivity index (χ2n) is 7.49. The van der Waals surface area contributed by atoms with Crippen LogP contribution in [0.25, 0.3) is 10.9 Å². The van der Waals surface area contributed by atoms with Gasteiger partial charge in [-0.2, -0.15) is 0 Å². The molecule has 4 nitrogen and oxygen atoms in total. The van der Waals surface area contributed by atoms with Gasteiger partial charge in [0.25, 0.3) is 5.56 Å². The van der Waals surface area contributed by atoms with Crippen LogP contribution in [-0.2, 0) is 11.3 Å². The number of nitrogens with zero attached hydrogens (tertiary/aromatic N) is 1. The number of rotatable bonds is 3. The lowest BCUT2D eigenvalue weighted by atomic mass is 9.93. The highest BCUT2D eigenvalue weighted by Gasteiger charge is 2.29. The van der Waals surface area contributed by atoms with E-state index in [4.69, 9.17) is 0 Å². The maximum absolute atomic E-state index is 12.7. The summed E-state index contributed by atoms with van der Waals surface area (Å²) < 4.78 is 0. The number of carbonyl (C=O) groups is 1. The summed E-state index contributed by atoms with van der Waals surface area (Å²) in [5.41, 5.74) is 1.98. The third-order valence-electron chi connectivity index (χ3n) is 3.94. The van der Waals surface area contributed by atoms with Gasteiger partial charge in [0.2, 0.25) is 5.91 Å². The molecule has 0 aliphatic heterocycles. The molecule has 23 heavy (non-hydrogen) atoms. The molecule has 1 aromatic carbocycles. The van der Waals surface area contributed by atoms with Crippen LogP contribution >= 0.6 is 0 Å². The molecule has 0 radical (unpaired) electrons. The first-order chi connectivity index (χ1) is 10.6. The van der Waals surface area contributed by atoms with Crippen LogP contribution in [0.15, 0.2) is 29.1 Å². The number of H-pyrrole nitrogens is 1. The predicted octanol–water partition coefficient (Wildman–Crippen LogP) is 3.62. The molecule has 0 unspecified atom stereocenters. The predicted molar refractivity (Wildman–Crippen MR) is 94.4 cm³/mol. The maximum atomic E-state index is 12.7. The Hall–Kier alpha value is -2.10. The number of benzene rings is 1. The van der Waals surface area contributed by atoms with Crippen molar-refractivity contribution in [2.24, 2.45) is 5.41 Å². The van der Waals surface area contributed by atoms with Crippen LogP contribution in [-0.4, -0.2) is 21.8 Å². The lowest BCUT2D eigenvalue weighted by molar-refractivity contribution is -0.142. The van der Waals surface area contributed by atoms with Crippen molar-refractivity contribution in [1.82, 2.24) is 9.88 Å². The highest BCUT2D eigenvalue weighted by molar-refractivity contribution is 5.82. The van der Waals surface area contributed by atoms with Crippen molar-refractivity contribution in [2.45, 2.75) is 54.1 Å². The molecule has 0 aliphatic carbocycles. The maximum Gasteiger partial charge on any atom is 0.253 e. The SMILES string of the molecule is Cc1ccc2[nH]c(=O)c(CN(C(=O)C(C)(C)C)C(C)C)cc2c1. The molecule has 2 aromatic rings. The molecular formula is C19H26N2O2. The highest BCUT2D eigenvalue weighted by Crippen LogP contribution is 2.21. The normalized spacial score (nSPS) is 12.0. The van der Waals surface area contributed by atoms with Gasteiger partial charge in [0, 0.05) is 22.5 Å². The molecule has 0 atom stereocenters. The Morgan fingerprint density at radius 1 is 1.22 bits per heavy atom. The van der Waals surface area contributed by atoms with Gasteiger partial charge in [0.05, 0.1) is 6.54 Å². The van der Waals surface area contributed by atoms with E-state index in [9.17, 15) is 9.59 Å². The number of carbonyl (C=O) groups excluding carboxylic acids is 1. The lowest BCUT2D eigenvalue weighted by Crippen LogP contribution is -2.44. The molecule has 1 amide bonds. The Morgan fingerprint density at radius 3 is 2.43 bits per heavy atom. The van der Waals surface area contributed by atoms with Gasteiger partial charge in [0.15, 0.2) is 0 Å². The van der Waals surface area contributed by atoms with E-state index in [1.165, 1.54) is 0 Å². The summed E-state index contributed by atoms with van der Waals surface area (Å²) in [4.78, 5) is 29.7. The van der Waals surface area contributed by atoms with Gasteiger partial charge < -0.3 is 9.88 Å². The molecule has 0 saturated heterocycles. The summed E-state index contributed by atoms with van der Waals surface area (Å²) in [6.45, 7) is 12.0. The minimum atomic E-state index is -0.468. The average molecular weight is 314 g/mol. The number of nitrogens with one attached hydrogen (secondary N) is 1. The van der Waals surface area contributed by atoms with Crippen molar-refractivity contribution in [3.05, 3.63) is 45.7 Å². The topological polar surface area (TPSA) is 53.2 Å². The molecule has 0 bridgehead atoms. The summed E-state index contributed by atoms with van der Waals surface area (Å²) in [7, 11) is 0. The number of amides is 1. The molecule has 1 N–H and O–H groups in total. The van der Waals surface area contributed by atoms with E-state index in [1.807, 2.05) is 65.8 Å². The average Bonchev–Trinajstić information content (AvgIpc) is 2.43. The zero-order chi connectivity index (χ0) is 17.4. The van der Waals surface area contributed by atoms with Crippen LogP contribution in [0.1, 0.15) is 45.7 Å². The van der Waals surface area contributed by atoms with Gasteiger partial charge in [-0.05, 0) is 44.4 Å². The number of hydrogen-bond donors (Lipinski definition) is 1. The fourth-order valence-corrected chi connectivity index (χ4v) is 2.59. The van der Waals surface area contributed by atoms with Crippen molar-refractivity contribution in [3.8, 4) is 0 Å². The van der Waals surface area contributed by atoms with Crippen molar-refractivity contribution in [1.29, 1.82) is 0 Å².